The molecule has 1 amide bonds. The highest BCUT2D eigenvalue weighted by Crippen LogP contribution is 2.47. The number of rotatable bonds is 7. The first-order valence-electron chi connectivity index (χ1n) is 10.1. The standard InChI is InChI=1S/C24H30N2O3/c1-6-29-21-12-7-16(13-22(21)28-5)15-25-26-23(27)20-14-19(20)17-8-10-18(11-9-17)24(2,3)4/h7-13,15,19-20H,6,14H2,1-5H3,(H,26,27)/t19-,20+/m0/s1. The predicted molar refractivity (Wildman–Crippen MR) is 116 cm³/mol. The Morgan fingerprint density at radius 2 is 1.90 bits per heavy atom. The Morgan fingerprint density at radius 1 is 1.17 bits per heavy atom. The van der Waals surface area contributed by atoms with E-state index in [4.69, 9.17) is 9.47 Å². The van der Waals surface area contributed by atoms with Gasteiger partial charge in [0.2, 0.25) is 5.91 Å². The van der Waals surface area contributed by atoms with Crippen molar-refractivity contribution < 1.29 is 14.3 Å². The molecule has 0 unspecified atom stereocenters. The van der Waals surface area contributed by atoms with Crippen LogP contribution < -0.4 is 14.9 Å². The Labute approximate surface area is 173 Å². The van der Waals surface area contributed by atoms with E-state index in [1.165, 1.54) is 11.1 Å². The van der Waals surface area contributed by atoms with Crippen molar-refractivity contribution in [3.05, 3.63) is 59.2 Å². The van der Waals surface area contributed by atoms with Crippen LogP contribution in [0, 0.1) is 5.92 Å². The maximum atomic E-state index is 12.4. The number of hydrazone groups is 1. The summed E-state index contributed by atoms with van der Waals surface area (Å²) < 4.78 is 10.8. The van der Waals surface area contributed by atoms with E-state index in [1.807, 2.05) is 25.1 Å². The van der Waals surface area contributed by atoms with Gasteiger partial charge in [-0.3, -0.25) is 4.79 Å². The fourth-order valence-corrected chi connectivity index (χ4v) is 3.38. The zero-order valence-electron chi connectivity index (χ0n) is 17.9. The van der Waals surface area contributed by atoms with Gasteiger partial charge in [-0.05, 0) is 59.6 Å². The van der Waals surface area contributed by atoms with Crippen molar-refractivity contribution in [3.63, 3.8) is 0 Å². The third-order valence-corrected chi connectivity index (χ3v) is 5.21. The van der Waals surface area contributed by atoms with E-state index in [1.54, 1.807) is 13.3 Å². The lowest BCUT2D eigenvalue weighted by molar-refractivity contribution is -0.122. The van der Waals surface area contributed by atoms with E-state index >= 15 is 0 Å². The molecule has 0 spiro atoms. The number of amides is 1. The zero-order chi connectivity index (χ0) is 21.0. The number of methoxy groups -OCH3 is 1. The summed E-state index contributed by atoms with van der Waals surface area (Å²) in [5.74, 6) is 1.56. The summed E-state index contributed by atoms with van der Waals surface area (Å²) in [6, 6.07) is 14.2. The molecule has 5 nitrogen and oxygen atoms in total. The molecule has 1 N–H and O–H groups in total. The minimum Gasteiger partial charge on any atom is -0.493 e. The van der Waals surface area contributed by atoms with Crippen molar-refractivity contribution in [2.45, 2.75) is 45.4 Å². The van der Waals surface area contributed by atoms with E-state index < -0.39 is 0 Å². The smallest absolute Gasteiger partial charge is 0.243 e. The van der Waals surface area contributed by atoms with Gasteiger partial charge in [-0.15, -0.1) is 0 Å². The van der Waals surface area contributed by atoms with Crippen LogP contribution in [0.15, 0.2) is 47.6 Å². The third kappa shape index (κ3) is 5.17. The van der Waals surface area contributed by atoms with E-state index in [0.29, 0.717) is 18.1 Å². The first-order chi connectivity index (χ1) is 13.8. The van der Waals surface area contributed by atoms with Crippen molar-refractivity contribution >= 4 is 12.1 Å². The largest absolute Gasteiger partial charge is 0.493 e. The predicted octanol–water partition coefficient (Wildman–Crippen LogP) is 4.65. The second kappa shape index (κ2) is 8.68. The van der Waals surface area contributed by atoms with Crippen molar-refractivity contribution in [1.82, 2.24) is 5.43 Å². The molecule has 0 radical (unpaired) electrons. The number of carbonyl (C=O) groups is 1. The van der Waals surface area contributed by atoms with Gasteiger partial charge in [0, 0.05) is 5.92 Å². The van der Waals surface area contributed by atoms with Crippen LogP contribution in [0.1, 0.15) is 56.7 Å². The lowest BCUT2D eigenvalue weighted by Gasteiger charge is -2.19. The summed E-state index contributed by atoms with van der Waals surface area (Å²) >= 11 is 0. The highest BCUT2D eigenvalue weighted by Gasteiger charge is 2.44. The topological polar surface area (TPSA) is 59.9 Å². The summed E-state index contributed by atoms with van der Waals surface area (Å²) in [6.45, 7) is 9.10. The number of carbonyl (C=O) groups excluding carboxylic acids is 1. The first-order valence-corrected chi connectivity index (χ1v) is 10.1. The molecule has 2 aromatic rings. The van der Waals surface area contributed by atoms with Gasteiger partial charge in [-0.25, -0.2) is 5.43 Å². The molecule has 1 aliphatic carbocycles. The van der Waals surface area contributed by atoms with Crippen LogP contribution in [0.5, 0.6) is 11.5 Å². The molecular formula is C24H30N2O3. The molecule has 0 bridgehead atoms. The number of benzene rings is 2. The molecule has 1 fully saturated rings. The van der Waals surface area contributed by atoms with Crippen LogP contribution in [-0.2, 0) is 10.2 Å². The molecule has 1 aliphatic rings. The Bertz CT molecular complexity index is 882. The number of ether oxygens (including phenoxy) is 2. The van der Waals surface area contributed by atoms with Gasteiger partial charge in [-0.1, -0.05) is 45.0 Å². The molecule has 2 atom stereocenters. The van der Waals surface area contributed by atoms with Gasteiger partial charge in [-0.2, -0.15) is 5.10 Å². The second-order valence-electron chi connectivity index (χ2n) is 8.40. The number of nitrogens with one attached hydrogen (secondary N) is 1. The molecule has 3 rings (SSSR count). The molecule has 5 heteroatoms. The molecule has 0 heterocycles. The molecular weight excluding hydrogens is 364 g/mol. The minimum absolute atomic E-state index is 0.0116. The summed E-state index contributed by atoms with van der Waals surface area (Å²) in [6.07, 6.45) is 2.48. The average Bonchev–Trinajstić information content (AvgIpc) is 3.49. The normalized spacial score (nSPS) is 18.5. The van der Waals surface area contributed by atoms with Gasteiger partial charge < -0.3 is 9.47 Å². The third-order valence-electron chi connectivity index (χ3n) is 5.21. The van der Waals surface area contributed by atoms with Gasteiger partial charge in [0.15, 0.2) is 11.5 Å². The van der Waals surface area contributed by atoms with Crippen LogP contribution in [0.2, 0.25) is 0 Å². The van der Waals surface area contributed by atoms with Crippen LogP contribution in [0.3, 0.4) is 0 Å². The fraction of sp³-hybridized carbons (Fsp3) is 0.417. The van der Waals surface area contributed by atoms with E-state index in [9.17, 15) is 4.79 Å². The second-order valence-corrected chi connectivity index (χ2v) is 8.40. The van der Waals surface area contributed by atoms with Crippen molar-refractivity contribution in [3.8, 4) is 11.5 Å². The summed E-state index contributed by atoms with van der Waals surface area (Å²) in [4.78, 5) is 12.4. The molecule has 1 saturated carbocycles. The van der Waals surface area contributed by atoms with E-state index in [2.05, 4.69) is 55.6 Å². The SMILES string of the molecule is CCOc1ccc(C=NNC(=O)[C@@H]2C[C@H]2c2ccc(C(C)(C)C)cc2)cc1OC. The van der Waals surface area contributed by atoms with Gasteiger partial charge in [0.25, 0.3) is 0 Å². The highest BCUT2D eigenvalue weighted by molar-refractivity contribution is 5.86. The molecule has 154 valence electrons. The van der Waals surface area contributed by atoms with Crippen LogP contribution in [-0.4, -0.2) is 25.8 Å². The van der Waals surface area contributed by atoms with Gasteiger partial charge >= 0.3 is 0 Å². The molecule has 29 heavy (non-hydrogen) atoms. The van der Waals surface area contributed by atoms with E-state index in [-0.39, 0.29) is 23.2 Å². The van der Waals surface area contributed by atoms with Crippen molar-refractivity contribution in [1.29, 1.82) is 0 Å². The maximum Gasteiger partial charge on any atom is 0.243 e. The average molecular weight is 395 g/mol. The number of nitrogens with zero attached hydrogens (tertiary/aromatic N) is 1. The van der Waals surface area contributed by atoms with Crippen molar-refractivity contribution in [2.24, 2.45) is 11.0 Å². The van der Waals surface area contributed by atoms with Crippen LogP contribution >= 0.6 is 0 Å². The number of hydrogen-bond donors (Lipinski definition) is 1. The number of hydrogen-bond acceptors (Lipinski definition) is 4. The Kier molecular flexibility index (Phi) is 6.26. The Balaban J connectivity index is 1.55. The maximum absolute atomic E-state index is 12.4. The molecule has 2 aromatic carbocycles. The monoisotopic (exact) mass is 394 g/mol. The lowest BCUT2D eigenvalue weighted by atomic mass is 9.86. The zero-order valence-corrected chi connectivity index (χ0v) is 17.9. The first kappa shape index (κ1) is 20.9. The lowest BCUT2D eigenvalue weighted by Crippen LogP contribution is -2.20. The fourth-order valence-electron chi connectivity index (χ4n) is 3.38. The van der Waals surface area contributed by atoms with Gasteiger partial charge in [0.1, 0.15) is 0 Å². The highest BCUT2D eigenvalue weighted by atomic mass is 16.5. The quantitative estimate of drug-likeness (QED) is 0.549. The summed E-state index contributed by atoms with van der Waals surface area (Å²) in [5.41, 5.74) is 6.15. The Hall–Kier alpha value is -2.82. The molecule has 0 aliphatic heterocycles. The van der Waals surface area contributed by atoms with Crippen LogP contribution in [0.25, 0.3) is 0 Å². The molecule has 0 saturated heterocycles. The summed E-state index contributed by atoms with van der Waals surface area (Å²) in [7, 11) is 1.60. The minimum atomic E-state index is -0.0379. The Morgan fingerprint density at radius 3 is 2.52 bits per heavy atom. The van der Waals surface area contributed by atoms with Crippen molar-refractivity contribution in [2.75, 3.05) is 13.7 Å². The van der Waals surface area contributed by atoms with E-state index in [0.717, 1.165) is 12.0 Å². The van der Waals surface area contributed by atoms with Crippen LogP contribution in [0.4, 0.5) is 0 Å². The molecule has 0 aromatic heterocycles. The van der Waals surface area contributed by atoms with Gasteiger partial charge in [0.05, 0.1) is 19.9 Å². The summed E-state index contributed by atoms with van der Waals surface area (Å²) in [5, 5.41) is 4.11.